The van der Waals surface area contributed by atoms with Crippen LogP contribution in [0.25, 0.3) is 0 Å². The molecule has 0 fully saturated rings. The third kappa shape index (κ3) is 5.84. The normalized spacial score (nSPS) is 11.2. The third-order valence-electron chi connectivity index (χ3n) is 3.93. The fourth-order valence-electron chi connectivity index (χ4n) is 2.55. The van der Waals surface area contributed by atoms with Gasteiger partial charge in [-0.05, 0) is 42.7 Å². The van der Waals surface area contributed by atoms with Crippen molar-refractivity contribution in [2.75, 3.05) is 27.3 Å². The van der Waals surface area contributed by atoms with Crippen LogP contribution in [0, 0.1) is 11.6 Å². The Kier molecular flexibility index (Phi) is 7.85. The minimum absolute atomic E-state index is 0.332. The van der Waals surface area contributed by atoms with E-state index in [-0.39, 0.29) is 0 Å². The van der Waals surface area contributed by atoms with E-state index in [1.807, 2.05) is 25.1 Å². The van der Waals surface area contributed by atoms with Crippen molar-refractivity contribution < 1.29 is 18.3 Å². The SMILES string of the molecule is CCNC(=NCc1ccc(OC)c(OC)c1)NCCc1cccc(F)c1F. The highest BCUT2D eigenvalue weighted by molar-refractivity contribution is 5.79. The summed E-state index contributed by atoms with van der Waals surface area (Å²) in [5, 5.41) is 6.26. The van der Waals surface area contributed by atoms with Gasteiger partial charge < -0.3 is 20.1 Å². The molecule has 2 aromatic rings. The highest BCUT2D eigenvalue weighted by Gasteiger charge is 2.08. The van der Waals surface area contributed by atoms with E-state index in [9.17, 15) is 8.78 Å². The molecule has 146 valence electrons. The molecule has 0 spiro atoms. The lowest BCUT2D eigenvalue weighted by atomic mass is 10.1. The van der Waals surface area contributed by atoms with Gasteiger partial charge in [0.25, 0.3) is 0 Å². The highest BCUT2D eigenvalue weighted by Crippen LogP contribution is 2.27. The Labute approximate surface area is 158 Å². The first-order valence-electron chi connectivity index (χ1n) is 8.75. The van der Waals surface area contributed by atoms with Gasteiger partial charge in [0.05, 0.1) is 20.8 Å². The second kappa shape index (κ2) is 10.4. The third-order valence-corrected chi connectivity index (χ3v) is 3.93. The van der Waals surface area contributed by atoms with Gasteiger partial charge in [-0.25, -0.2) is 13.8 Å². The van der Waals surface area contributed by atoms with E-state index in [0.717, 1.165) is 11.6 Å². The van der Waals surface area contributed by atoms with Crippen LogP contribution in [0.4, 0.5) is 8.78 Å². The molecule has 0 unspecified atom stereocenters. The minimum Gasteiger partial charge on any atom is -0.493 e. The maximum Gasteiger partial charge on any atom is 0.191 e. The molecule has 2 N–H and O–H groups in total. The maximum atomic E-state index is 13.7. The molecule has 0 atom stereocenters. The average molecular weight is 377 g/mol. The molecule has 7 heteroatoms. The van der Waals surface area contributed by atoms with Crippen LogP contribution in [-0.4, -0.2) is 33.3 Å². The van der Waals surface area contributed by atoms with E-state index in [2.05, 4.69) is 15.6 Å². The van der Waals surface area contributed by atoms with E-state index in [0.29, 0.717) is 49.1 Å². The first-order valence-corrected chi connectivity index (χ1v) is 8.75. The summed E-state index contributed by atoms with van der Waals surface area (Å²) in [5.74, 6) is 0.273. The number of nitrogens with zero attached hydrogens (tertiary/aromatic N) is 1. The first kappa shape index (κ1) is 20.5. The summed E-state index contributed by atoms with van der Waals surface area (Å²) in [5.41, 5.74) is 1.29. The fourth-order valence-corrected chi connectivity index (χ4v) is 2.55. The van der Waals surface area contributed by atoms with Crippen molar-refractivity contribution in [3.63, 3.8) is 0 Å². The molecule has 0 saturated carbocycles. The summed E-state index contributed by atoms with van der Waals surface area (Å²) in [6, 6.07) is 9.81. The van der Waals surface area contributed by atoms with Crippen LogP contribution in [0.1, 0.15) is 18.1 Å². The number of nitrogens with one attached hydrogen (secondary N) is 2. The summed E-state index contributed by atoms with van der Waals surface area (Å²) in [7, 11) is 3.17. The summed E-state index contributed by atoms with van der Waals surface area (Å²) < 4.78 is 37.5. The van der Waals surface area contributed by atoms with Crippen molar-refractivity contribution in [3.05, 3.63) is 59.2 Å². The fraction of sp³-hybridized carbons (Fsp3) is 0.350. The van der Waals surface area contributed by atoms with Gasteiger partial charge in [-0.3, -0.25) is 0 Å². The number of benzene rings is 2. The molecule has 0 heterocycles. The number of hydrogen-bond acceptors (Lipinski definition) is 3. The zero-order valence-corrected chi connectivity index (χ0v) is 15.8. The Morgan fingerprint density at radius 3 is 2.52 bits per heavy atom. The van der Waals surface area contributed by atoms with Gasteiger partial charge in [0.15, 0.2) is 29.1 Å². The highest BCUT2D eigenvalue weighted by atomic mass is 19.2. The van der Waals surface area contributed by atoms with E-state index in [1.165, 1.54) is 6.07 Å². The molecule has 0 bridgehead atoms. The lowest BCUT2D eigenvalue weighted by Crippen LogP contribution is -2.38. The molecule has 0 radical (unpaired) electrons. The summed E-state index contributed by atoms with van der Waals surface area (Å²) in [6.07, 6.45) is 0.352. The van der Waals surface area contributed by atoms with Crippen LogP contribution >= 0.6 is 0 Å². The van der Waals surface area contributed by atoms with E-state index in [4.69, 9.17) is 9.47 Å². The number of hydrogen-bond donors (Lipinski definition) is 2. The molecule has 0 aliphatic heterocycles. The van der Waals surface area contributed by atoms with Crippen LogP contribution in [0.2, 0.25) is 0 Å². The Morgan fingerprint density at radius 1 is 1.04 bits per heavy atom. The van der Waals surface area contributed by atoms with Crippen molar-refractivity contribution in [2.45, 2.75) is 19.9 Å². The predicted molar refractivity (Wildman–Crippen MR) is 102 cm³/mol. The molecule has 0 amide bonds. The van der Waals surface area contributed by atoms with Gasteiger partial charge in [-0.2, -0.15) is 0 Å². The molecular formula is C20H25F2N3O2. The zero-order valence-electron chi connectivity index (χ0n) is 15.8. The Hall–Kier alpha value is -2.83. The van der Waals surface area contributed by atoms with Crippen LogP contribution < -0.4 is 20.1 Å². The molecule has 0 aliphatic rings. The van der Waals surface area contributed by atoms with Gasteiger partial charge >= 0.3 is 0 Å². The quantitative estimate of drug-likeness (QED) is 0.548. The number of guanidine groups is 1. The Balaban J connectivity index is 1.98. The van der Waals surface area contributed by atoms with Crippen molar-refractivity contribution >= 4 is 5.96 Å². The molecule has 0 saturated heterocycles. The standard InChI is InChI=1S/C20H25F2N3O2/c1-4-23-20(24-11-10-15-6-5-7-16(21)19(15)22)25-13-14-8-9-17(26-2)18(12-14)27-3/h5-9,12H,4,10-11,13H2,1-3H3,(H2,23,24,25). The topological polar surface area (TPSA) is 54.9 Å². The van der Waals surface area contributed by atoms with E-state index < -0.39 is 11.6 Å². The van der Waals surface area contributed by atoms with E-state index >= 15 is 0 Å². The van der Waals surface area contributed by atoms with Gasteiger partial charge in [0.1, 0.15) is 0 Å². The Bertz CT molecular complexity index is 782. The van der Waals surface area contributed by atoms with Gasteiger partial charge in [0.2, 0.25) is 0 Å². The molecule has 0 aliphatic carbocycles. The van der Waals surface area contributed by atoms with Crippen LogP contribution in [0.3, 0.4) is 0 Å². The summed E-state index contributed by atoms with van der Waals surface area (Å²) >= 11 is 0. The second-order valence-corrected chi connectivity index (χ2v) is 5.77. The number of rotatable bonds is 8. The van der Waals surface area contributed by atoms with Crippen LogP contribution in [0.5, 0.6) is 11.5 Å². The van der Waals surface area contributed by atoms with Crippen molar-refractivity contribution in [1.82, 2.24) is 10.6 Å². The van der Waals surface area contributed by atoms with Gasteiger partial charge in [-0.1, -0.05) is 18.2 Å². The summed E-state index contributed by atoms with van der Waals surface area (Å²) in [4.78, 5) is 4.52. The van der Waals surface area contributed by atoms with Crippen LogP contribution in [-0.2, 0) is 13.0 Å². The summed E-state index contributed by atoms with van der Waals surface area (Å²) in [6.45, 7) is 3.51. The zero-order chi connectivity index (χ0) is 19.6. The second-order valence-electron chi connectivity index (χ2n) is 5.77. The Morgan fingerprint density at radius 2 is 1.81 bits per heavy atom. The van der Waals surface area contributed by atoms with Crippen molar-refractivity contribution in [3.8, 4) is 11.5 Å². The predicted octanol–water partition coefficient (Wildman–Crippen LogP) is 3.28. The monoisotopic (exact) mass is 377 g/mol. The largest absolute Gasteiger partial charge is 0.493 e. The lowest BCUT2D eigenvalue weighted by molar-refractivity contribution is 0.354. The average Bonchev–Trinajstić information content (AvgIpc) is 2.69. The molecule has 2 rings (SSSR count). The number of methoxy groups -OCH3 is 2. The number of halogens is 2. The number of aliphatic imine (C=N–C) groups is 1. The molecule has 0 aromatic heterocycles. The molecule has 2 aromatic carbocycles. The molecule has 5 nitrogen and oxygen atoms in total. The van der Waals surface area contributed by atoms with Gasteiger partial charge in [0, 0.05) is 13.1 Å². The molecular weight excluding hydrogens is 352 g/mol. The smallest absolute Gasteiger partial charge is 0.191 e. The lowest BCUT2D eigenvalue weighted by Gasteiger charge is -2.12. The van der Waals surface area contributed by atoms with Gasteiger partial charge in [-0.15, -0.1) is 0 Å². The molecule has 27 heavy (non-hydrogen) atoms. The first-order chi connectivity index (χ1) is 13.1. The minimum atomic E-state index is -0.832. The maximum absolute atomic E-state index is 13.7. The number of ether oxygens (including phenoxy) is 2. The van der Waals surface area contributed by atoms with Crippen molar-refractivity contribution in [2.24, 2.45) is 4.99 Å². The van der Waals surface area contributed by atoms with E-state index in [1.54, 1.807) is 20.3 Å². The van der Waals surface area contributed by atoms with Crippen LogP contribution in [0.15, 0.2) is 41.4 Å². The van der Waals surface area contributed by atoms with Crippen molar-refractivity contribution in [1.29, 1.82) is 0 Å².